The van der Waals surface area contributed by atoms with Gasteiger partial charge in [-0.15, -0.1) is 0 Å². The number of benzene rings is 1. The highest BCUT2D eigenvalue weighted by molar-refractivity contribution is 5.25. The van der Waals surface area contributed by atoms with Crippen molar-refractivity contribution in [2.24, 2.45) is 0 Å². The van der Waals surface area contributed by atoms with Crippen molar-refractivity contribution in [2.75, 3.05) is 0 Å². The maximum absolute atomic E-state index is 12.1. The number of hydrogen-bond donors (Lipinski definition) is 1. The molecule has 0 spiro atoms. The minimum Gasteiger partial charge on any atom is -0.389 e. The zero-order valence-corrected chi connectivity index (χ0v) is 6.97. The minimum atomic E-state index is -4.31. The van der Waals surface area contributed by atoms with Gasteiger partial charge in [0.15, 0.2) is 0 Å². The fourth-order valence-electron chi connectivity index (χ4n) is 0.951. The Balaban J connectivity index is 2.94. The van der Waals surface area contributed by atoms with Gasteiger partial charge in [-0.25, -0.2) is 0 Å². The third kappa shape index (κ3) is 2.45. The van der Waals surface area contributed by atoms with Crippen LogP contribution in [0.15, 0.2) is 24.3 Å². The third-order valence-electron chi connectivity index (χ3n) is 1.72. The zero-order chi connectivity index (χ0) is 10.1. The first-order valence-electron chi connectivity index (χ1n) is 3.76. The van der Waals surface area contributed by atoms with Gasteiger partial charge in [-0.1, -0.05) is 12.1 Å². The topological polar surface area (TPSA) is 20.2 Å². The molecule has 0 aromatic heterocycles. The lowest BCUT2D eigenvalue weighted by Crippen LogP contribution is -2.04. The number of rotatable bonds is 1. The lowest BCUT2D eigenvalue weighted by atomic mass is 10.1. The Morgan fingerprint density at radius 3 is 1.92 bits per heavy atom. The van der Waals surface area contributed by atoms with Crippen molar-refractivity contribution >= 4 is 0 Å². The normalized spacial score (nSPS) is 14.2. The van der Waals surface area contributed by atoms with Gasteiger partial charge in [0.25, 0.3) is 0 Å². The average molecular weight is 190 g/mol. The predicted molar refractivity (Wildman–Crippen MR) is 42.1 cm³/mol. The van der Waals surface area contributed by atoms with Crippen molar-refractivity contribution in [3.63, 3.8) is 0 Å². The molecule has 0 heterocycles. The van der Waals surface area contributed by atoms with Crippen molar-refractivity contribution in [3.8, 4) is 0 Å². The van der Waals surface area contributed by atoms with Crippen LogP contribution in [0.5, 0.6) is 0 Å². The molecule has 0 fully saturated rings. The summed E-state index contributed by atoms with van der Waals surface area (Å²) >= 11 is 0. The second-order valence-corrected chi connectivity index (χ2v) is 2.80. The van der Waals surface area contributed by atoms with E-state index in [0.717, 1.165) is 12.1 Å². The molecule has 1 atom stereocenters. The van der Waals surface area contributed by atoms with Crippen molar-refractivity contribution in [1.29, 1.82) is 0 Å². The fraction of sp³-hybridized carbons (Fsp3) is 0.333. The highest BCUT2D eigenvalue weighted by atomic mass is 19.4. The van der Waals surface area contributed by atoms with E-state index in [2.05, 4.69) is 0 Å². The molecule has 1 nitrogen and oxygen atoms in total. The minimum absolute atomic E-state index is 0.480. The van der Waals surface area contributed by atoms with Crippen LogP contribution in [0.2, 0.25) is 0 Å². The lowest BCUT2D eigenvalue weighted by Gasteiger charge is -2.08. The first-order chi connectivity index (χ1) is 5.91. The molecule has 1 aromatic carbocycles. The molecule has 0 aliphatic heterocycles. The summed E-state index contributed by atoms with van der Waals surface area (Å²) in [6.45, 7) is 1.50. The lowest BCUT2D eigenvalue weighted by molar-refractivity contribution is -0.137. The van der Waals surface area contributed by atoms with Crippen LogP contribution >= 0.6 is 0 Å². The second kappa shape index (κ2) is 3.38. The molecule has 0 saturated heterocycles. The largest absolute Gasteiger partial charge is 0.416 e. The molecule has 1 N–H and O–H groups in total. The molecule has 0 radical (unpaired) electrons. The van der Waals surface area contributed by atoms with Crippen molar-refractivity contribution < 1.29 is 18.3 Å². The van der Waals surface area contributed by atoms with Gasteiger partial charge in [-0.05, 0) is 24.6 Å². The Hall–Kier alpha value is -1.03. The molecule has 4 heteroatoms. The number of alkyl halides is 3. The summed E-state index contributed by atoms with van der Waals surface area (Å²) < 4.78 is 36.2. The summed E-state index contributed by atoms with van der Waals surface area (Å²) in [5, 5.41) is 9.04. The van der Waals surface area contributed by atoms with E-state index in [1.807, 2.05) is 0 Å². The van der Waals surface area contributed by atoms with Crippen LogP contribution < -0.4 is 0 Å². The summed E-state index contributed by atoms with van der Waals surface area (Å²) in [5.41, 5.74) is -0.218. The van der Waals surface area contributed by atoms with Crippen LogP contribution in [0, 0.1) is 0 Å². The molecule has 13 heavy (non-hydrogen) atoms. The maximum Gasteiger partial charge on any atom is 0.416 e. The highest BCUT2D eigenvalue weighted by Crippen LogP contribution is 2.29. The summed E-state index contributed by atoms with van der Waals surface area (Å²) in [7, 11) is 0. The smallest absolute Gasteiger partial charge is 0.389 e. The average Bonchev–Trinajstić information content (AvgIpc) is 2.03. The van der Waals surface area contributed by atoms with E-state index < -0.39 is 17.8 Å². The molecule has 1 rings (SSSR count). The predicted octanol–water partition coefficient (Wildman–Crippen LogP) is 2.76. The number of aliphatic hydroxyl groups is 1. The van der Waals surface area contributed by atoms with E-state index >= 15 is 0 Å². The van der Waals surface area contributed by atoms with Crippen LogP contribution in [-0.4, -0.2) is 5.11 Å². The van der Waals surface area contributed by atoms with Gasteiger partial charge >= 0.3 is 6.18 Å². The van der Waals surface area contributed by atoms with Crippen LogP contribution in [0.1, 0.15) is 24.2 Å². The van der Waals surface area contributed by atoms with Crippen molar-refractivity contribution in [2.45, 2.75) is 19.2 Å². The number of halogens is 3. The quantitative estimate of drug-likeness (QED) is 0.721. The molecule has 0 bridgehead atoms. The number of aliphatic hydroxyl groups excluding tert-OH is 1. The van der Waals surface area contributed by atoms with E-state index in [0.29, 0.717) is 5.56 Å². The van der Waals surface area contributed by atoms with E-state index in [1.165, 1.54) is 19.1 Å². The van der Waals surface area contributed by atoms with Crippen molar-refractivity contribution in [1.82, 2.24) is 0 Å². The molecule has 72 valence electrons. The zero-order valence-electron chi connectivity index (χ0n) is 6.97. The van der Waals surface area contributed by atoms with Gasteiger partial charge in [0, 0.05) is 0 Å². The third-order valence-corrected chi connectivity index (χ3v) is 1.72. The Labute approximate surface area is 73.8 Å². The van der Waals surface area contributed by atoms with Crippen molar-refractivity contribution in [3.05, 3.63) is 35.4 Å². The van der Waals surface area contributed by atoms with E-state index in [4.69, 9.17) is 5.11 Å². The molecule has 0 saturated carbocycles. The first-order valence-corrected chi connectivity index (χ1v) is 3.76. The van der Waals surface area contributed by atoms with Gasteiger partial charge in [-0.3, -0.25) is 0 Å². The van der Waals surface area contributed by atoms with E-state index in [-0.39, 0.29) is 0 Å². The summed E-state index contributed by atoms with van der Waals surface area (Å²) in [4.78, 5) is 0. The second-order valence-electron chi connectivity index (χ2n) is 2.80. The van der Waals surface area contributed by atoms with Crippen LogP contribution in [0.3, 0.4) is 0 Å². The molecule has 1 aromatic rings. The van der Waals surface area contributed by atoms with Gasteiger partial charge in [-0.2, -0.15) is 13.2 Å². The van der Waals surface area contributed by atoms with Crippen LogP contribution in [-0.2, 0) is 6.18 Å². The molecule has 0 aliphatic carbocycles. The maximum atomic E-state index is 12.1. The molecule has 1 unspecified atom stereocenters. The van der Waals surface area contributed by atoms with E-state index in [9.17, 15) is 13.2 Å². The Morgan fingerprint density at radius 2 is 1.62 bits per heavy atom. The Kier molecular flexibility index (Phi) is 2.61. The van der Waals surface area contributed by atoms with Gasteiger partial charge in [0.1, 0.15) is 0 Å². The van der Waals surface area contributed by atoms with Crippen LogP contribution in [0.4, 0.5) is 13.2 Å². The molecule has 0 aliphatic rings. The summed E-state index contributed by atoms with van der Waals surface area (Å²) in [6.07, 6.45) is -5.04. The van der Waals surface area contributed by atoms with Gasteiger partial charge < -0.3 is 5.11 Å². The molecular formula is C9H9F3O. The Bertz CT molecular complexity index is 274. The van der Waals surface area contributed by atoms with Crippen LogP contribution in [0.25, 0.3) is 0 Å². The summed E-state index contributed by atoms with van der Waals surface area (Å²) in [6, 6.07) is 4.46. The fourth-order valence-corrected chi connectivity index (χ4v) is 0.951. The monoisotopic (exact) mass is 190 g/mol. The molecular weight excluding hydrogens is 181 g/mol. The van der Waals surface area contributed by atoms with Gasteiger partial charge in [0.05, 0.1) is 11.7 Å². The van der Waals surface area contributed by atoms with Gasteiger partial charge in [0.2, 0.25) is 0 Å². The highest BCUT2D eigenvalue weighted by Gasteiger charge is 2.29. The first kappa shape index (κ1) is 10.1. The SMILES string of the molecule is CC(O)c1ccc(C(F)(F)F)cc1. The molecule has 0 amide bonds. The standard InChI is InChI=1S/C9H9F3O/c1-6(13)7-2-4-8(5-3-7)9(10,11)12/h2-6,13H,1H3. The van der Waals surface area contributed by atoms with E-state index in [1.54, 1.807) is 0 Å². The summed E-state index contributed by atoms with van der Waals surface area (Å²) in [5.74, 6) is 0. The Morgan fingerprint density at radius 1 is 1.15 bits per heavy atom. The number of hydrogen-bond acceptors (Lipinski definition) is 1.